The summed E-state index contributed by atoms with van der Waals surface area (Å²) in [6, 6.07) is 14.2. The van der Waals surface area contributed by atoms with E-state index in [2.05, 4.69) is 80.5 Å². The summed E-state index contributed by atoms with van der Waals surface area (Å²) in [6.07, 6.45) is -13.0. The Kier molecular flexibility index (Phi) is 22.7. The van der Waals surface area contributed by atoms with E-state index < -0.39 is 88.3 Å². The van der Waals surface area contributed by atoms with E-state index in [1.165, 1.54) is 72.0 Å². The smallest absolute Gasteiger partial charge is 0.383 e. The summed E-state index contributed by atoms with van der Waals surface area (Å²) in [5.41, 5.74) is 11.0. The number of aromatic nitrogens is 6. The van der Waals surface area contributed by atoms with Gasteiger partial charge in [-0.15, -0.1) is 0 Å². The van der Waals surface area contributed by atoms with Crippen molar-refractivity contribution in [3.63, 3.8) is 0 Å². The van der Waals surface area contributed by atoms with Gasteiger partial charge in [-0.1, -0.05) is 34.6 Å². The maximum atomic E-state index is 13.7. The van der Waals surface area contributed by atoms with E-state index in [0.29, 0.717) is 55.7 Å². The average molecular weight is 1300 g/mol. The minimum absolute atomic E-state index is 0. The molecule has 1 unspecified atom stereocenters. The Morgan fingerprint density at radius 2 is 0.868 bits per heavy atom. The standard InChI is InChI=1S/C22H28F3N5O.C21H26F3N5O.C18H17F6N5O.7H2/c1-4-14-11-30(12-15(28-14)10-13(2)3)18-8-7-17(22(23,24)25)19(29-18)20(31)16-6-5-9-27-21(16)26;1-12(2)9-14-11-29(10-13(3)27-14)17-7-6-16(21(22,23)24)18(28-17)19(30)15-5-4-8-26-20(15)25;19-17(20,21)8-10-9-29(7-6-26-10)13-4-3-12(18(22,23)24)14(28-13)15(30)11-2-1-5-27-16(11)25;;;;;;;/h5-9,13-15,28H,4,10-12H2,1-3H3,(H2,26,27);4-8,12-14,27H,9-11H2,1-3H3,(H2,25,26);1-5,10,26H,6-9H2,(H2,25,27);7*1H/t14-,15-;13-,14+;;;;;;;;/m01......../s1. The Labute approximate surface area is 527 Å². The fourth-order valence-electron chi connectivity index (χ4n) is 11.0. The van der Waals surface area contributed by atoms with Crippen LogP contribution in [0.5, 0.6) is 0 Å². The third kappa shape index (κ3) is 18.7. The molecule has 9 heterocycles. The average Bonchev–Trinajstić information content (AvgIpc) is 0.795. The van der Waals surface area contributed by atoms with Gasteiger partial charge in [0.05, 0.1) is 39.8 Å². The van der Waals surface area contributed by atoms with Crippen molar-refractivity contribution in [2.75, 3.05) is 77.7 Å². The molecular weight excluding hydrogens is 1220 g/mol. The molecule has 0 amide bonds. The lowest BCUT2D eigenvalue weighted by Crippen LogP contribution is -2.57. The zero-order valence-electron chi connectivity index (χ0n) is 50.5. The van der Waals surface area contributed by atoms with Crippen LogP contribution in [0.3, 0.4) is 0 Å². The molecule has 9 rings (SSSR count). The highest BCUT2D eigenvalue weighted by molar-refractivity contribution is 6.13. The molecule has 3 saturated heterocycles. The van der Waals surface area contributed by atoms with Crippen LogP contribution >= 0.6 is 0 Å². The lowest BCUT2D eigenvalue weighted by molar-refractivity contribution is -0.140. The van der Waals surface area contributed by atoms with Crippen molar-refractivity contribution in [2.45, 2.75) is 122 Å². The van der Waals surface area contributed by atoms with Crippen LogP contribution in [0.1, 0.15) is 142 Å². The van der Waals surface area contributed by atoms with Gasteiger partial charge in [0, 0.05) is 105 Å². The summed E-state index contributed by atoms with van der Waals surface area (Å²) < 4.78 is 160. The SMILES string of the molecule is CC(C)C[C@H]1CN(c2ccc(C(F)(F)F)c(C(=O)c3cccnc3N)n2)C[C@@H](C)N1.CC[C@H]1CN(c2ccc(C(F)(F)F)c(C(=O)c3cccnc3N)n2)C[C@H](CC(C)C)N1.Nc1ncccc1C(=O)c1nc(N2CCNC(CC(F)(F)F)C2)ccc1C(F)(F)F.[HH].[HH].[HH].[HH].[HH].[HH].[HH]. The molecule has 6 aromatic heterocycles. The largest absolute Gasteiger partial charge is 0.418 e. The maximum absolute atomic E-state index is 13.7. The molecule has 5 atom stereocenters. The molecule has 506 valence electrons. The van der Waals surface area contributed by atoms with Crippen LogP contribution in [0.2, 0.25) is 0 Å². The molecule has 6 aromatic rings. The van der Waals surface area contributed by atoms with Crippen molar-refractivity contribution in [1.29, 1.82) is 0 Å². The molecule has 0 aliphatic carbocycles. The zero-order valence-corrected chi connectivity index (χ0v) is 50.5. The zero-order chi connectivity index (χ0) is 66.9. The van der Waals surface area contributed by atoms with Crippen LogP contribution in [-0.2, 0) is 18.5 Å². The number of alkyl halides is 12. The minimum atomic E-state index is -4.87. The second-order valence-electron chi connectivity index (χ2n) is 23.2. The third-order valence-electron chi connectivity index (χ3n) is 15.0. The number of nitrogens with zero attached hydrogens (tertiary/aromatic N) is 9. The molecule has 3 fully saturated rings. The molecule has 91 heavy (non-hydrogen) atoms. The minimum Gasteiger partial charge on any atom is -0.383 e. The molecule has 0 aromatic carbocycles. The Hall–Kier alpha value is -8.25. The topological polar surface area (TPSA) is 252 Å². The maximum Gasteiger partial charge on any atom is 0.418 e. The predicted molar refractivity (Wildman–Crippen MR) is 334 cm³/mol. The Morgan fingerprint density at radius 1 is 0.516 bits per heavy atom. The quantitative estimate of drug-likeness (QED) is 0.0413. The normalized spacial score (nSPS) is 19.1. The molecule has 0 spiro atoms. The molecule has 3 aliphatic rings. The predicted octanol–water partition coefficient (Wildman–Crippen LogP) is 12.2. The van der Waals surface area contributed by atoms with Crippen LogP contribution in [0.4, 0.5) is 87.6 Å². The van der Waals surface area contributed by atoms with Gasteiger partial charge < -0.3 is 47.9 Å². The van der Waals surface area contributed by atoms with Gasteiger partial charge in [0.25, 0.3) is 0 Å². The number of ketones is 3. The van der Waals surface area contributed by atoms with E-state index in [1.54, 1.807) is 0 Å². The van der Waals surface area contributed by atoms with E-state index in [4.69, 9.17) is 17.2 Å². The number of nitrogen functional groups attached to an aromatic ring is 3. The molecule has 0 radical (unpaired) electrons. The van der Waals surface area contributed by atoms with Crippen molar-refractivity contribution >= 4 is 52.3 Å². The summed E-state index contributed by atoms with van der Waals surface area (Å²) in [5, 5.41) is 9.83. The number of carbonyl (C=O) groups excluding carboxylic acids is 3. The van der Waals surface area contributed by atoms with Crippen LogP contribution in [0.25, 0.3) is 0 Å². The van der Waals surface area contributed by atoms with Gasteiger partial charge in [0.15, 0.2) is 0 Å². The molecule has 3 aliphatic heterocycles. The summed E-state index contributed by atoms with van der Waals surface area (Å²) >= 11 is 0. The molecule has 18 nitrogen and oxygen atoms in total. The Morgan fingerprint density at radius 3 is 1.22 bits per heavy atom. The van der Waals surface area contributed by atoms with Crippen LogP contribution in [0, 0.1) is 11.8 Å². The van der Waals surface area contributed by atoms with E-state index in [-0.39, 0.29) is 93.7 Å². The lowest BCUT2D eigenvalue weighted by Gasteiger charge is -2.40. The highest BCUT2D eigenvalue weighted by atomic mass is 19.4. The number of carbonyl (C=O) groups is 3. The number of piperazine rings is 3. The molecule has 0 bridgehead atoms. The monoisotopic (exact) mass is 1300 g/mol. The number of pyridine rings is 6. The van der Waals surface area contributed by atoms with Crippen molar-refractivity contribution in [1.82, 2.24) is 45.9 Å². The molecular formula is C61H85F12N15O3. The fraction of sp³-hybridized carbons (Fsp3) is 0.459. The van der Waals surface area contributed by atoms with Crippen LogP contribution in [0.15, 0.2) is 91.4 Å². The first kappa shape index (κ1) is 70.2. The number of hydrogen-bond acceptors (Lipinski definition) is 18. The van der Waals surface area contributed by atoms with Crippen molar-refractivity contribution in [3.05, 3.63) is 142 Å². The highest BCUT2D eigenvalue weighted by Crippen LogP contribution is 2.38. The van der Waals surface area contributed by atoms with E-state index in [0.717, 1.165) is 37.5 Å². The van der Waals surface area contributed by atoms with E-state index in [1.807, 2.05) is 16.7 Å². The number of hydrogen-bond donors (Lipinski definition) is 6. The fourth-order valence-corrected chi connectivity index (χ4v) is 11.0. The number of halogens is 12. The Bertz CT molecular complexity index is 3530. The molecule has 0 saturated carbocycles. The summed E-state index contributed by atoms with van der Waals surface area (Å²) in [4.78, 5) is 67.6. The Balaban J connectivity index is 0.00000139. The van der Waals surface area contributed by atoms with Gasteiger partial charge >= 0.3 is 24.7 Å². The second kappa shape index (κ2) is 29.4. The van der Waals surface area contributed by atoms with Crippen LogP contribution < -0.4 is 47.9 Å². The summed E-state index contributed by atoms with van der Waals surface area (Å²) in [5.74, 6) is -1.74. The lowest BCUT2D eigenvalue weighted by atomic mass is 9.98. The first-order valence-electron chi connectivity index (χ1n) is 29.2. The van der Waals surface area contributed by atoms with Gasteiger partial charge in [0.1, 0.15) is 52.0 Å². The highest BCUT2D eigenvalue weighted by Gasteiger charge is 2.42. The first-order chi connectivity index (χ1) is 42.6. The summed E-state index contributed by atoms with van der Waals surface area (Å²) in [6.45, 7) is 15.3. The summed E-state index contributed by atoms with van der Waals surface area (Å²) in [7, 11) is 0. The first-order valence-corrected chi connectivity index (χ1v) is 29.2. The van der Waals surface area contributed by atoms with Gasteiger partial charge in [-0.25, -0.2) is 29.9 Å². The van der Waals surface area contributed by atoms with Gasteiger partial charge in [-0.3, -0.25) is 14.4 Å². The number of nitrogens with two attached hydrogens (primary N) is 3. The molecule has 9 N–H and O–H groups in total. The van der Waals surface area contributed by atoms with E-state index >= 15 is 0 Å². The van der Waals surface area contributed by atoms with E-state index in [9.17, 15) is 67.1 Å². The van der Waals surface area contributed by atoms with Crippen molar-refractivity contribution in [2.24, 2.45) is 11.8 Å². The number of rotatable bonds is 15. The number of nitrogens with one attached hydrogen (secondary N) is 3. The van der Waals surface area contributed by atoms with Gasteiger partial charge in [0.2, 0.25) is 17.3 Å². The van der Waals surface area contributed by atoms with Crippen molar-refractivity contribution < 1.29 is 77.1 Å². The third-order valence-corrected chi connectivity index (χ3v) is 15.0. The van der Waals surface area contributed by atoms with Crippen molar-refractivity contribution in [3.8, 4) is 0 Å². The second-order valence-corrected chi connectivity index (χ2v) is 23.2. The van der Waals surface area contributed by atoms with Gasteiger partial charge in [-0.2, -0.15) is 52.7 Å². The number of anilines is 6. The molecule has 30 heteroatoms. The van der Waals surface area contributed by atoms with Crippen LogP contribution in [-0.4, -0.2) is 129 Å². The van der Waals surface area contributed by atoms with Gasteiger partial charge in [-0.05, 0) is 111 Å².